The first-order valence-electron chi connectivity index (χ1n) is 10.2. The van der Waals surface area contributed by atoms with Crippen LogP contribution >= 0.6 is 0 Å². The zero-order valence-electron chi connectivity index (χ0n) is 17.6. The van der Waals surface area contributed by atoms with Crippen LogP contribution in [0.4, 0.5) is 17.3 Å². The van der Waals surface area contributed by atoms with Crippen LogP contribution in [-0.4, -0.2) is 47.9 Å². The number of hydrogen-bond donors (Lipinski definition) is 1. The number of nitrogen functional groups attached to an aromatic ring is 1. The van der Waals surface area contributed by atoms with E-state index in [-0.39, 0.29) is 35.8 Å². The lowest BCUT2D eigenvalue weighted by Crippen LogP contribution is -2.52. The number of carbonyl (C=O) groups is 3. The van der Waals surface area contributed by atoms with Gasteiger partial charge in [-0.25, -0.2) is 4.98 Å². The zero-order chi connectivity index (χ0) is 22.3. The first kappa shape index (κ1) is 20.6. The number of hydrogen-bond acceptors (Lipinski definition) is 7. The molecule has 0 radical (unpaired) electrons. The number of pyridine rings is 1. The van der Waals surface area contributed by atoms with Crippen molar-refractivity contribution in [1.29, 1.82) is 0 Å². The molecule has 2 amide bonds. The molecule has 2 unspecified atom stereocenters. The highest BCUT2D eigenvalue weighted by Gasteiger charge is 2.40. The van der Waals surface area contributed by atoms with Gasteiger partial charge in [-0.3, -0.25) is 19.3 Å². The second-order valence-corrected chi connectivity index (χ2v) is 7.43. The number of Topliss-reactive ketones (excluding diaryl/α,β-unsaturated/α-hetero) is 1. The number of carbonyl (C=O) groups excluding carboxylic acids is 3. The maximum Gasteiger partial charge on any atom is 0.269 e. The van der Waals surface area contributed by atoms with Crippen molar-refractivity contribution in [2.45, 2.75) is 39.3 Å². The molecule has 1 aromatic carbocycles. The highest BCUT2D eigenvalue weighted by molar-refractivity contribution is 6.10. The fraction of sp³-hybridized carbons (Fsp3) is 0.364. The van der Waals surface area contributed by atoms with Gasteiger partial charge in [0.2, 0.25) is 0 Å². The monoisotopic (exact) mass is 424 g/mol. The number of nitrogens with two attached hydrogens (primary N) is 1. The molecular weight excluding hydrogens is 400 g/mol. The summed E-state index contributed by atoms with van der Waals surface area (Å²) in [5.41, 5.74) is 6.73. The van der Waals surface area contributed by atoms with E-state index < -0.39 is 12.1 Å². The summed E-state index contributed by atoms with van der Waals surface area (Å²) in [6, 6.07) is 7.32. The quantitative estimate of drug-likeness (QED) is 0.732. The van der Waals surface area contributed by atoms with Crippen molar-refractivity contribution in [3.63, 3.8) is 0 Å². The number of nitrogens with zero attached hydrogens (tertiary/aromatic N) is 3. The van der Waals surface area contributed by atoms with Crippen LogP contribution < -0.4 is 25.0 Å². The summed E-state index contributed by atoms with van der Waals surface area (Å²) in [6.07, 6.45) is -0.262. The molecule has 0 saturated heterocycles. The number of likely N-dealkylation sites (N-methyl/N-ethyl adjacent to an activating group) is 1. The first-order chi connectivity index (χ1) is 14.8. The lowest BCUT2D eigenvalue weighted by molar-refractivity contribution is -0.126. The molecule has 2 atom stereocenters. The molecule has 2 aliphatic heterocycles. The van der Waals surface area contributed by atoms with Crippen LogP contribution in [0, 0.1) is 0 Å². The van der Waals surface area contributed by atoms with Crippen LogP contribution in [0.25, 0.3) is 0 Å². The molecule has 3 heterocycles. The number of ketones is 1. The van der Waals surface area contributed by atoms with E-state index in [1.807, 2.05) is 13.8 Å². The van der Waals surface area contributed by atoms with Gasteiger partial charge in [-0.15, -0.1) is 0 Å². The molecular formula is C22H24N4O5. The van der Waals surface area contributed by atoms with Crippen LogP contribution in [0.3, 0.4) is 0 Å². The predicted octanol–water partition coefficient (Wildman–Crippen LogP) is 2.18. The molecule has 2 aliphatic rings. The zero-order valence-corrected chi connectivity index (χ0v) is 17.6. The summed E-state index contributed by atoms with van der Waals surface area (Å²) in [5, 5.41) is 0. The average molecular weight is 424 g/mol. The van der Waals surface area contributed by atoms with E-state index in [1.54, 1.807) is 42.2 Å². The number of amides is 2. The second-order valence-electron chi connectivity index (χ2n) is 7.43. The van der Waals surface area contributed by atoms with Gasteiger partial charge in [0.1, 0.15) is 11.6 Å². The van der Waals surface area contributed by atoms with Crippen LogP contribution in [0.1, 0.15) is 37.6 Å². The average Bonchev–Trinajstić information content (AvgIpc) is 2.77. The molecule has 4 rings (SSSR count). The lowest BCUT2D eigenvalue weighted by Gasteiger charge is -2.36. The fourth-order valence-corrected chi connectivity index (χ4v) is 3.87. The van der Waals surface area contributed by atoms with Crippen molar-refractivity contribution in [2.24, 2.45) is 0 Å². The van der Waals surface area contributed by atoms with Crippen molar-refractivity contribution >= 4 is 34.9 Å². The Morgan fingerprint density at radius 3 is 2.68 bits per heavy atom. The molecule has 0 saturated carbocycles. The summed E-state index contributed by atoms with van der Waals surface area (Å²) >= 11 is 0. The van der Waals surface area contributed by atoms with Crippen molar-refractivity contribution < 1.29 is 23.9 Å². The van der Waals surface area contributed by atoms with Crippen LogP contribution in [0.15, 0.2) is 30.3 Å². The summed E-state index contributed by atoms with van der Waals surface area (Å²) in [7, 11) is 0. The van der Waals surface area contributed by atoms with E-state index in [2.05, 4.69) is 4.98 Å². The van der Waals surface area contributed by atoms with Gasteiger partial charge in [0, 0.05) is 12.1 Å². The molecule has 0 spiro atoms. The molecule has 31 heavy (non-hydrogen) atoms. The Morgan fingerprint density at radius 2 is 1.97 bits per heavy atom. The Morgan fingerprint density at radius 1 is 1.23 bits per heavy atom. The van der Waals surface area contributed by atoms with E-state index in [9.17, 15) is 14.4 Å². The summed E-state index contributed by atoms with van der Waals surface area (Å²) in [4.78, 5) is 45.8. The van der Waals surface area contributed by atoms with E-state index in [1.165, 1.54) is 4.90 Å². The summed E-state index contributed by atoms with van der Waals surface area (Å²) in [5.74, 6) is 0.578. The molecule has 0 bridgehead atoms. The maximum atomic E-state index is 13.4. The number of anilines is 3. The Hall–Kier alpha value is -3.62. The van der Waals surface area contributed by atoms with Gasteiger partial charge in [-0.2, -0.15) is 0 Å². The van der Waals surface area contributed by atoms with E-state index >= 15 is 0 Å². The van der Waals surface area contributed by atoms with E-state index in [4.69, 9.17) is 15.2 Å². The van der Waals surface area contributed by atoms with Crippen molar-refractivity contribution in [3.8, 4) is 11.5 Å². The van der Waals surface area contributed by atoms with Crippen LogP contribution in [0.2, 0.25) is 0 Å². The number of fused-ring (bicyclic) bond motifs is 2. The number of aromatic nitrogens is 1. The van der Waals surface area contributed by atoms with Gasteiger partial charge in [0.05, 0.1) is 11.7 Å². The number of benzene rings is 1. The van der Waals surface area contributed by atoms with Crippen molar-refractivity contribution in [1.82, 2.24) is 4.98 Å². The van der Waals surface area contributed by atoms with Gasteiger partial charge in [0.25, 0.3) is 11.8 Å². The molecule has 0 aliphatic carbocycles. The third-order valence-corrected chi connectivity index (χ3v) is 5.51. The largest absolute Gasteiger partial charge is 0.482 e. The third kappa shape index (κ3) is 3.45. The second kappa shape index (κ2) is 7.90. The third-order valence-electron chi connectivity index (χ3n) is 5.51. The summed E-state index contributed by atoms with van der Waals surface area (Å²) in [6.45, 7) is 5.76. The smallest absolute Gasteiger partial charge is 0.269 e. The van der Waals surface area contributed by atoms with Gasteiger partial charge in [-0.1, -0.05) is 6.92 Å². The van der Waals surface area contributed by atoms with Crippen molar-refractivity contribution in [3.05, 3.63) is 35.9 Å². The number of ether oxygens (including phenoxy) is 2. The maximum absolute atomic E-state index is 13.4. The molecule has 0 fully saturated rings. The molecule has 162 valence electrons. The highest BCUT2D eigenvalue weighted by Crippen LogP contribution is 2.37. The Balaban J connectivity index is 1.71. The minimum absolute atomic E-state index is 0.0326. The Kier molecular flexibility index (Phi) is 5.26. The fourth-order valence-electron chi connectivity index (χ4n) is 3.87. The van der Waals surface area contributed by atoms with Crippen molar-refractivity contribution in [2.75, 3.05) is 28.7 Å². The molecule has 9 nitrogen and oxygen atoms in total. The molecule has 2 N–H and O–H groups in total. The predicted molar refractivity (Wildman–Crippen MR) is 115 cm³/mol. The normalized spacial score (nSPS) is 18.6. The molecule has 9 heteroatoms. The van der Waals surface area contributed by atoms with E-state index in [0.717, 1.165) is 0 Å². The van der Waals surface area contributed by atoms with Gasteiger partial charge in [-0.05, 0) is 50.6 Å². The lowest BCUT2D eigenvalue weighted by atomic mass is 10.0. The topological polar surface area (TPSA) is 115 Å². The van der Waals surface area contributed by atoms with Crippen LogP contribution in [-0.2, 0) is 9.59 Å². The van der Waals surface area contributed by atoms with E-state index in [0.29, 0.717) is 35.7 Å². The number of rotatable bonds is 5. The Labute approximate surface area is 179 Å². The minimum atomic E-state index is -0.855. The molecule has 2 aromatic rings. The standard InChI is InChI=1S/C22H24N4O5/c1-4-15-22(29)26(21-17(31-15)8-9-18(23)24-21)12(3)20(28)13-6-7-16-14(10-13)25(5-2)19(27)11-30-16/h6-10,12,15H,4-5,11H2,1-3H3,(H2,23,24). The molecule has 1 aromatic heterocycles. The van der Waals surface area contributed by atoms with Gasteiger partial charge in [0.15, 0.2) is 30.1 Å². The highest BCUT2D eigenvalue weighted by atomic mass is 16.5. The summed E-state index contributed by atoms with van der Waals surface area (Å²) < 4.78 is 11.2. The SMILES string of the molecule is CCC1Oc2ccc(N)nc2N(C(C)C(=O)c2ccc3c(c2)N(CC)C(=O)CO3)C1=O. The van der Waals surface area contributed by atoms with Gasteiger partial charge >= 0.3 is 0 Å². The van der Waals surface area contributed by atoms with Crippen LogP contribution in [0.5, 0.6) is 11.5 Å². The van der Waals surface area contributed by atoms with Gasteiger partial charge < -0.3 is 20.1 Å². The first-order valence-corrected chi connectivity index (χ1v) is 10.2. The minimum Gasteiger partial charge on any atom is -0.482 e. The Bertz CT molecular complexity index is 1070.